The van der Waals surface area contributed by atoms with Gasteiger partial charge in [0.25, 0.3) is 0 Å². The number of fused-ring (bicyclic) bond motifs is 1. The summed E-state index contributed by atoms with van der Waals surface area (Å²) in [6.45, 7) is 0.533. The number of rotatable bonds is 6. The Kier molecular flexibility index (Phi) is 5.42. The van der Waals surface area contributed by atoms with Gasteiger partial charge in [-0.15, -0.1) is 11.3 Å². The van der Waals surface area contributed by atoms with E-state index in [2.05, 4.69) is 19.7 Å². The van der Waals surface area contributed by atoms with E-state index in [9.17, 15) is 9.18 Å². The number of amides is 1. The number of benzene rings is 1. The van der Waals surface area contributed by atoms with Crippen LogP contribution in [0.3, 0.4) is 0 Å². The fourth-order valence-corrected chi connectivity index (χ4v) is 4.82. The third-order valence-electron chi connectivity index (χ3n) is 3.72. The van der Waals surface area contributed by atoms with E-state index in [4.69, 9.17) is 0 Å². The molecule has 1 N–H and O–H groups in total. The molecule has 0 radical (unpaired) electrons. The van der Waals surface area contributed by atoms with Crippen molar-refractivity contribution < 1.29 is 9.18 Å². The minimum Gasteiger partial charge on any atom is -0.350 e. The molecule has 0 saturated heterocycles. The highest BCUT2D eigenvalue weighted by Gasteiger charge is 2.15. The van der Waals surface area contributed by atoms with Gasteiger partial charge in [-0.3, -0.25) is 4.79 Å². The Morgan fingerprint density at radius 3 is 2.81 bits per heavy atom. The van der Waals surface area contributed by atoms with Crippen molar-refractivity contribution in [2.45, 2.75) is 11.6 Å². The zero-order chi connectivity index (χ0) is 18.6. The van der Waals surface area contributed by atoms with Crippen molar-refractivity contribution in [3.05, 3.63) is 58.8 Å². The van der Waals surface area contributed by atoms with Gasteiger partial charge in [0.1, 0.15) is 33.1 Å². The Labute approximate surface area is 166 Å². The second-order valence-electron chi connectivity index (χ2n) is 5.54. The number of carbonyl (C=O) groups excluding carboxylic acids is 1. The molecular weight excluding hydrogens is 403 g/mol. The summed E-state index contributed by atoms with van der Waals surface area (Å²) in [7, 11) is 0. The number of nitrogens with zero attached hydrogens (tertiary/aromatic N) is 3. The maximum Gasteiger partial charge on any atom is 0.230 e. The van der Waals surface area contributed by atoms with Crippen molar-refractivity contribution in [2.24, 2.45) is 0 Å². The highest BCUT2D eigenvalue weighted by atomic mass is 32.2. The lowest BCUT2D eigenvalue weighted by molar-refractivity contribution is -0.118. The minimum absolute atomic E-state index is 0.0524. The number of aromatic nitrogens is 3. The van der Waals surface area contributed by atoms with Gasteiger partial charge in [-0.2, -0.15) is 4.37 Å². The highest BCUT2D eigenvalue weighted by molar-refractivity contribution is 8.00. The van der Waals surface area contributed by atoms with Gasteiger partial charge in [-0.25, -0.2) is 14.4 Å². The first-order valence-corrected chi connectivity index (χ1v) is 10.6. The van der Waals surface area contributed by atoms with Crippen LogP contribution in [0.5, 0.6) is 0 Å². The van der Waals surface area contributed by atoms with E-state index in [1.807, 2.05) is 17.5 Å². The molecule has 0 atom stereocenters. The van der Waals surface area contributed by atoms with Crippen molar-refractivity contribution in [1.82, 2.24) is 19.7 Å². The molecule has 0 unspecified atom stereocenters. The first kappa shape index (κ1) is 18.0. The number of hydrogen-bond acceptors (Lipinski definition) is 7. The molecule has 27 heavy (non-hydrogen) atoms. The van der Waals surface area contributed by atoms with Gasteiger partial charge in [0.05, 0.1) is 12.3 Å². The van der Waals surface area contributed by atoms with Gasteiger partial charge in [-0.1, -0.05) is 17.8 Å². The van der Waals surface area contributed by atoms with Crippen LogP contribution >= 0.6 is 34.6 Å². The Balaban J connectivity index is 1.48. The molecule has 0 fully saturated rings. The van der Waals surface area contributed by atoms with Crippen LogP contribution in [0.25, 0.3) is 21.5 Å². The summed E-state index contributed by atoms with van der Waals surface area (Å²) in [4.78, 5) is 21.8. The van der Waals surface area contributed by atoms with E-state index >= 15 is 0 Å². The molecule has 3 heterocycles. The number of thiophene rings is 1. The zero-order valence-electron chi connectivity index (χ0n) is 13.9. The summed E-state index contributed by atoms with van der Waals surface area (Å²) in [5.74, 6) is -0.0810. The normalized spacial score (nSPS) is 11.0. The van der Waals surface area contributed by atoms with Crippen LogP contribution in [-0.2, 0) is 11.3 Å². The van der Waals surface area contributed by atoms with E-state index < -0.39 is 0 Å². The lowest BCUT2D eigenvalue weighted by Gasteiger charge is -2.04. The fourth-order valence-electron chi connectivity index (χ4n) is 2.43. The second-order valence-corrected chi connectivity index (χ2v) is 8.31. The predicted molar refractivity (Wildman–Crippen MR) is 107 cm³/mol. The molecule has 0 aliphatic heterocycles. The summed E-state index contributed by atoms with van der Waals surface area (Å²) in [6, 6.07) is 10.1. The summed E-state index contributed by atoms with van der Waals surface area (Å²) in [5.41, 5.74) is 2.20. The molecule has 0 aliphatic rings. The molecule has 1 amide bonds. The molecule has 136 valence electrons. The van der Waals surface area contributed by atoms with E-state index in [1.165, 1.54) is 41.8 Å². The number of hydrogen-bond donors (Lipinski definition) is 1. The van der Waals surface area contributed by atoms with E-state index in [0.717, 1.165) is 20.2 Å². The lowest BCUT2D eigenvalue weighted by atomic mass is 10.1. The molecule has 4 aromatic rings. The average Bonchev–Trinajstić information content (AvgIpc) is 3.35. The van der Waals surface area contributed by atoms with E-state index in [0.29, 0.717) is 17.8 Å². The highest BCUT2D eigenvalue weighted by Crippen LogP contribution is 2.34. The van der Waals surface area contributed by atoms with Gasteiger partial charge in [-0.05, 0) is 47.2 Å². The van der Waals surface area contributed by atoms with Gasteiger partial charge in [0.15, 0.2) is 0 Å². The first-order chi connectivity index (χ1) is 13.2. The number of thioether (sulfide) groups is 1. The third kappa shape index (κ3) is 4.15. The Hall–Kier alpha value is -2.36. The monoisotopic (exact) mass is 416 g/mol. The first-order valence-electron chi connectivity index (χ1n) is 7.99. The summed E-state index contributed by atoms with van der Waals surface area (Å²) >= 11 is 4.25. The van der Waals surface area contributed by atoms with Crippen LogP contribution in [0.15, 0.2) is 53.1 Å². The summed E-state index contributed by atoms with van der Waals surface area (Å²) in [6.07, 6.45) is 1.47. The molecular formula is C18H13FN4OS3. The standard InChI is InChI=1S/C18H13FN4OS3/c19-12-5-3-11(4-6-12)15-16-17(27-23-15)18(22-10-21-16)26-9-14(24)20-8-13-2-1-7-25-13/h1-7,10H,8-9H2,(H,20,24). The molecule has 4 rings (SSSR count). The Bertz CT molecular complexity index is 1060. The van der Waals surface area contributed by atoms with Crippen LogP contribution < -0.4 is 5.32 Å². The maximum atomic E-state index is 13.2. The SMILES string of the molecule is O=C(CSc1ncnc2c(-c3ccc(F)cc3)nsc12)NCc1cccs1. The lowest BCUT2D eigenvalue weighted by Crippen LogP contribution is -2.24. The molecule has 5 nitrogen and oxygen atoms in total. The van der Waals surface area contributed by atoms with Crippen molar-refractivity contribution in [2.75, 3.05) is 5.75 Å². The van der Waals surface area contributed by atoms with Gasteiger partial charge in [0.2, 0.25) is 5.91 Å². The Morgan fingerprint density at radius 2 is 2.04 bits per heavy atom. The van der Waals surface area contributed by atoms with Crippen molar-refractivity contribution in [3.8, 4) is 11.3 Å². The van der Waals surface area contributed by atoms with Crippen LogP contribution in [0.4, 0.5) is 4.39 Å². The molecule has 3 aromatic heterocycles. The minimum atomic E-state index is -0.294. The van der Waals surface area contributed by atoms with Gasteiger partial charge >= 0.3 is 0 Å². The fraction of sp³-hybridized carbons (Fsp3) is 0.111. The zero-order valence-corrected chi connectivity index (χ0v) is 16.3. The maximum absolute atomic E-state index is 13.2. The largest absolute Gasteiger partial charge is 0.350 e. The Morgan fingerprint density at radius 1 is 1.19 bits per heavy atom. The smallest absolute Gasteiger partial charge is 0.230 e. The second kappa shape index (κ2) is 8.12. The number of carbonyl (C=O) groups is 1. The predicted octanol–water partition coefficient (Wildman–Crippen LogP) is 4.36. The molecule has 0 bridgehead atoms. The van der Waals surface area contributed by atoms with E-state index in [1.54, 1.807) is 23.5 Å². The molecule has 0 aliphatic carbocycles. The average molecular weight is 417 g/mol. The van der Waals surface area contributed by atoms with E-state index in [-0.39, 0.29) is 17.5 Å². The quantitative estimate of drug-likeness (QED) is 0.374. The number of halogens is 1. The molecule has 0 spiro atoms. The van der Waals surface area contributed by atoms with Crippen LogP contribution in [0.1, 0.15) is 4.88 Å². The summed E-state index contributed by atoms with van der Waals surface area (Å²) in [5, 5.41) is 5.60. The van der Waals surface area contributed by atoms with Crippen molar-refractivity contribution in [3.63, 3.8) is 0 Å². The van der Waals surface area contributed by atoms with Crippen LogP contribution in [-0.4, -0.2) is 26.0 Å². The van der Waals surface area contributed by atoms with Gasteiger partial charge in [0, 0.05) is 10.4 Å². The third-order valence-corrected chi connectivity index (χ3v) is 6.56. The van der Waals surface area contributed by atoms with Gasteiger partial charge < -0.3 is 5.32 Å². The molecule has 9 heteroatoms. The number of nitrogens with one attached hydrogen (secondary N) is 1. The molecule has 1 aromatic carbocycles. The summed E-state index contributed by atoms with van der Waals surface area (Å²) < 4.78 is 18.4. The topological polar surface area (TPSA) is 67.8 Å². The molecule has 0 saturated carbocycles. The van der Waals surface area contributed by atoms with Crippen LogP contribution in [0.2, 0.25) is 0 Å². The van der Waals surface area contributed by atoms with Crippen molar-refractivity contribution in [1.29, 1.82) is 0 Å². The van der Waals surface area contributed by atoms with Crippen molar-refractivity contribution >= 4 is 50.8 Å². The van der Waals surface area contributed by atoms with Crippen LogP contribution in [0, 0.1) is 5.82 Å².